The third kappa shape index (κ3) is 3.03. The maximum absolute atomic E-state index is 12.4. The molecule has 0 aromatic heterocycles. The second-order valence-electron chi connectivity index (χ2n) is 4.56. The molecule has 1 aliphatic carbocycles. The summed E-state index contributed by atoms with van der Waals surface area (Å²) in [7, 11) is 0. The zero-order valence-corrected chi connectivity index (χ0v) is 9.74. The van der Waals surface area contributed by atoms with Gasteiger partial charge in [-0.15, -0.1) is 0 Å². The first-order valence-electron chi connectivity index (χ1n) is 5.87. The summed E-state index contributed by atoms with van der Waals surface area (Å²) >= 11 is 0. The number of nitrogens with zero attached hydrogens (tertiary/aromatic N) is 1. The van der Waals surface area contributed by atoms with Crippen LogP contribution in [0.3, 0.4) is 0 Å². The number of halogens is 3. The molecule has 1 aromatic carbocycles. The molecule has 2 rings (SSSR count). The van der Waals surface area contributed by atoms with Crippen molar-refractivity contribution in [1.82, 2.24) is 0 Å². The maximum Gasteiger partial charge on any atom is 0.416 e. The van der Waals surface area contributed by atoms with Crippen molar-refractivity contribution in [2.24, 2.45) is 10.9 Å². The van der Waals surface area contributed by atoms with Crippen LogP contribution in [-0.4, -0.2) is 17.9 Å². The third-order valence-corrected chi connectivity index (χ3v) is 3.18. The Kier molecular flexibility index (Phi) is 3.59. The van der Waals surface area contributed by atoms with Gasteiger partial charge < -0.3 is 5.11 Å². The number of benzene rings is 1. The summed E-state index contributed by atoms with van der Waals surface area (Å²) in [5.74, 6) is 0.208. The molecule has 0 amide bonds. The summed E-state index contributed by atoms with van der Waals surface area (Å²) in [4.78, 5) is 4.15. The minimum Gasteiger partial charge on any atom is -0.507 e. The first-order valence-corrected chi connectivity index (χ1v) is 5.87. The molecule has 1 saturated carbocycles. The summed E-state index contributed by atoms with van der Waals surface area (Å²) in [6.45, 7) is 0.681. The lowest BCUT2D eigenvalue weighted by Gasteiger charge is -2.22. The highest BCUT2D eigenvalue weighted by atomic mass is 19.4. The second kappa shape index (κ2) is 5.00. The standard InChI is InChI=1S/C13H14F3NO/c14-13(15,16)11-5-4-10(12(18)6-11)8-17-7-9-2-1-3-9/h4-6,8-9,18H,1-3,7H2. The molecule has 0 bridgehead atoms. The van der Waals surface area contributed by atoms with E-state index in [4.69, 9.17) is 0 Å². The molecule has 1 aliphatic rings. The van der Waals surface area contributed by atoms with Crippen LogP contribution in [0.4, 0.5) is 13.2 Å². The number of phenols is 1. The van der Waals surface area contributed by atoms with Crippen LogP contribution in [0, 0.1) is 5.92 Å². The van der Waals surface area contributed by atoms with Gasteiger partial charge in [0.25, 0.3) is 0 Å². The summed E-state index contributed by atoms with van der Waals surface area (Å²) in [5, 5.41) is 9.50. The van der Waals surface area contributed by atoms with Crippen LogP contribution < -0.4 is 0 Å². The molecule has 0 heterocycles. The van der Waals surface area contributed by atoms with Gasteiger partial charge in [-0.2, -0.15) is 13.2 Å². The first kappa shape index (κ1) is 12.9. The van der Waals surface area contributed by atoms with Gasteiger partial charge in [-0.25, -0.2) is 0 Å². The van der Waals surface area contributed by atoms with Crippen LogP contribution in [0.25, 0.3) is 0 Å². The van der Waals surface area contributed by atoms with Gasteiger partial charge in [0.2, 0.25) is 0 Å². The molecule has 5 heteroatoms. The molecule has 1 aromatic rings. The van der Waals surface area contributed by atoms with Gasteiger partial charge >= 0.3 is 6.18 Å². The molecule has 2 nitrogen and oxygen atoms in total. The van der Waals surface area contributed by atoms with Gasteiger partial charge in [-0.05, 0) is 37.0 Å². The average molecular weight is 257 g/mol. The number of hydrogen-bond donors (Lipinski definition) is 1. The molecule has 0 atom stereocenters. The highest BCUT2D eigenvalue weighted by Gasteiger charge is 2.30. The van der Waals surface area contributed by atoms with Crippen LogP contribution in [-0.2, 0) is 6.18 Å². The molecular weight excluding hydrogens is 243 g/mol. The van der Waals surface area contributed by atoms with E-state index in [0.717, 1.165) is 25.0 Å². The fraction of sp³-hybridized carbons (Fsp3) is 0.462. The fourth-order valence-corrected chi connectivity index (χ4v) is 1.80. The van der Waals surface area contributed by atoms with Crippen molar-refractivity contribution in [2.45, 2.75) is 25.4 Å². The van der Waals surface area contributed by atoms with Crippen molar-refractivity contribution in [3.63, 3.8) is 0 Å². The Morgan fingerprint density at radius 2 is 2.06 bits per heavy atom. The third-order valence-electron chi connectivity index (χ3n) is 3.18. The van der Waals surface area contributed by atoms with Gasteiger partial charge in [0.1, 0.15) is 5.75 Å². The van der Waals surface area contributed by atoms with Gasteiger partial charge in [0.05, 0.1) is 5.56 Å². The first-order chi connectivity index (χ1) is 8.47. The maximum atomic E-state index is 12.4. The number of phenolic OH excluding ortho intramolecular Hbond substituents is 1. The monoisotopic (exact) mass is 257 g/mol. The Morgan fingerprint density at radius 1 is 1.33 bits per heavy atom. The van der Waals surface area contributed by atoms with E-state index in [2.05, 4.69) is 4.99 Å². The SMILES string of the molecule is Oc1cc(C(F)(F)F)ccc1C=NCC1CCC1. The molecule has 1 N–H and O–H groups in total. The molecule has 1 fully saturated rings. The lowest BCUT2D eigenvalue weighted by atomic mass is 9.86. The van der Waals surface area contributed by atoms with Crippen molar-refractivity contribution < 1.29 is 18.3 Å². The number of rotatable bonds is 3. The zero-order valence-electron chi connectivity index (χ0n) is 9.74. The lowest BCUT2D eigenvalue weighted by Crippen LogP contribution is -2.14. The molecule has 0 spiro atoms. The molecule has 0 unspecified atom stereocenters. The summed E-state index contributed by atoms with van der Waals surface area (Å²) in [6, 6.07) is 2.91. The predicted octanol–water partition coefficient (Wildman–Crippen LogP) is 3.63. The average Bonchev–Trinajstić information content (AvgIpc) is 2.22. The smallest absolute Gasteiger partial charge is 0.416 e. The van der Waals surface area contributed by atoms with E-state index in [0.29, 0.717) is 18.0 Å². The molecule has 18 heavy (non-hydrogen) atoms. The molecule has 98 valence electrons. The highest BCUT2D eigenvalue weighted by Crippen LogP contribution is 2.32. The lowest BCUT2D eigenvalue weighted by molar-refractivity contribution is -0.137. The van der Waals surface area contributed by atoms with Crippen molar-refractivity contribution in [3.8, 4) is 5.75 Å². The largest absolute Gasteiger partial charge is 0.507 e. The van der Waals surface area contributed by atoms with E-state index in [1.165, 1.54) is 18.7 Å². The zero-order chi connectivity index (χ0) is 13.2. The molecule has 0 aliphatic heterocycles. The number of hydrogen-bond acceptors (Lipinski definition) is 2. The highest BCUT2D eigenvalue weighted by molar-refractivity contribution is 5.83. The van der Waals surface area contributed by atoms with Crippen molar-refractivity contribution in [3.05, 3.63) is 29.3 Å². The van der Waals surface area contributed by atoms with Crippen molar-refractivity contribution >= 4 is 6.21 Å². The van der Waals surface area contributed by atoms with Crippen LogP contribution in [0.2, 0.25) is 0 Å². The number of aliphatic imine (C=N–C) groups is 1. The molecular formula is C13H14F3NO. The van der Waals surface area contributed by atoms with E-state index in [1.807, 2.05) is 0 Å². The summed E-state index contributed by atoms with van der Waals surface area (Å²) < 4.78 is 37.1. The Morgan fingerprint density at radius 3 is 2.56 bits per heavy atom. The van der Waals surface area contributed by atoms with Gasteiger partial charge in [-0.3, -0.25) is 4.99 Å². The predicted molar refractivity (Wildman–Crippen MR) is 62.9 cm³/mol. The fourth-order valence-electron chi connectivity index (χ4n) is 1.80. The van der Waals surface area contributed by atoms with E-state index in [-0.39, 0.29) is 5.75 Å². The van der Waals surface area contributed by atoms with Crippen LogP contribution in [0.5, 0.6) is 5.75 Å². The number of aromatic hydroxyl groups is 1. The quantitative estimate of drug-likeness (QED) is 0.824. The van der Waals surface area contributed by atoms with Crippen LogP contribution >= 0.6 is 0 Å². The van der Waals surface area contributed by atoms with Crippen LogP contribution in [0.15, 0.2) is 23.2 Å². The van der Waals surface area contributed by atoms with E-state index in [9.17, 15) is 18.3 Å². The molecule has 0 radical (unpaired) electrons. The van der Waals surface area contributed by atoms with Crippen molar-refractivity contribution in [2.75, 3.05) is 6.54 Å². The number of alkyl halides is 3. The Bertz CT molecular complexity index is 450. The second-order valence-corrected chi connectivity index (χ2v) is 4.56. The van der Waals surface area contributed by atoms with E-state index < -0.39 is 11.7 Å². The minimum atomic E-state index is -4.43. The Hall–Kier alpha value is -1.52. The summed E-state index contributed by atoms with van der Waals surface area (Å²) in [5.41, 5.74) is -0.529. The van der Waals surface area contributed by atoms with Crippen LogP contribution in [0.1, 0.15) is 30.4 Å². The van der Waals surface area contributed by atoms with E-state index in [1.54, 1.807) is 0 Å². The van der Waals surface area contributed by atoms with Crippen molar-refractivity contribution in [1.29, 1.82) is 0 Å². The Balaban J connectivity index is 2.04. The Labute approximate surface area is 103 Å². The molecule has 0 saturated heterocycles. The van der Waals surface area contributed by atoms with Gasteiger partial charge in [0, 0.05) is 18.3 Å². The minimum absolute atomic E-state index is 0.322. The van der Waals surface area contributed by atoms with Gasteiger partial charge in [-0.1, -0.05) is 6.42 Å². The van der Waals surface area contributed by atoms with Gasteiger partial charge in [0.15, 0.2) is 0 Å². The summed E-state index contributed by atoms with van der Waals surface area (Å²) in [6.07, 6.45) is 0.561. The normalized spacial score (nSPS) is 17.1. The van der Waals surface area contributed by atoms with E-state index >= 15 is 0 Å². The topological polar surface area (TPSA) is 32.6 Å².